The number of nitrogens with zero attached hydrogens (tertiary/aromatic N) is 4. The van der Waals surface area contributed by atoms with Crippen LogP contribution in [0, 0.1) is 11.7 Å². The van der Waals surface area contributed by atoms with E-state index in [1.165, 1.54) is 41.4 Å². The number of hydrogen-bond acceptors (Lipinski definition) is 7. The second kappa shape index (κ2) is 7.24. The van der Waals surface area contributed by atoms with Crippen LogP contribution in [-0.2, 0) is 9.53 Å². The van der Waals surface area contributed by atoms with Gasteiger partial charge in [0.15, 0.2) is 0 Å². The number of aromatic nitrogens is 3. The Labute approximate surface area is 159 Å². The topological polar surface area (TPSA) is 80.0 Å². The molecule has 0 amide bonds. The summed E-state index contributed by atoms with van der Waals surface area (Å²) in [4.78, 5) is 19.5. The molecule has 27 heavy (non-hydrogen) atoms. The van der Waals surface area contributed by atoms with E-state index in [1.807, 2.05) is 0 Å². The Morgan fingerprint density at radius 1 is 1.33 bits per heavy atom. The van der Waals surface area contributed by atoms with Crippen LogP contribution in [-0.4, -0.2) is 50.8 Å². The van der Waals surface area contributed by atoms with Crippen molar-refractivity contribution in [3.63, 3.8) is 0 Å². The first-order valence-corrected chi connectivity index (χ1v) is 9.49. The van der Waals surface area contributed by atoms with E-state index in [1.54, 1.807) is 12.1 Å². The number of methoxy groups -OCH3 is 1. The fraction of sp³-hybridized carbons (Fsp3) is 0.389. The average Bonchev–Trinajstić information content (AvgIpc) is 3.27. The SMILES string of the molecule is COC(=O)C1CCN(C(c2ccc(F)cc2)c2sc3ncnn3c2O)CC1. The molecule has 1 aromatic carbocycles. The van der Waals surface area contributed by atoms with Gasteiger partial charge in [-0.1, -0.05) is 23.5 Å². The van der Waals surface area contributed by atoms with E-state index in [0.717, 1.165) is 5.56 Å². The van der Waals surface area contributed by atoms with Crippen LogP contribution in [0.25, 0.3) is 4.96 Å². The van der Waals surface area contributed by atoms with Gasteiger partial charge in [-0.3, -0.25) is 9.69 Å². The number of piperidine rings is 1. The predicted molar refractivity (Wildman–Crippen MR) is 97.1 cm³/mol. The largest absolute Gasteiger partial charge is 0.492 e. The number of thiazole rings is 1. The highest BCUT2D eigenvalue weighted by molar-refractivity contribution is 7.17. The van der Waals surface area contributed by atoms with Gasteiger partial charge in [0.2, 0.25) is 10.8 Å². The van der Waals surface area contributed by atoms with Gasteiger partial charge in [-0.05, 0) is 43.6 Å². The summed E-state index contributed by atoms with van der Waals surface area (Å²) in [6, 6.07) is 6.01. The van der Waals surface area contributed by atoms with E-state index in [2.05, 4.69) is 15.0 Å². The van der Waals surface area contributed by atoms with Crippen LogP contribution in [0.15, 0.2) is 30.6 Å². The Morgan fingerprint density at radius 3 is 2.67 bits per heavy atom. The number of fused-ring (bicyclic) bond motifs is 1. The molecular formula is C18H19FN4O3S. The Bertz CT molecular complexity index is 947. The number of esters is 1. The predicted octanol–water partition coefficient (Wildman–Crippen LogP) is 2.61. The lowest BCUT2D eigenvalue weighted by Gasteiger charge is -2.36. The fourth-order valence-corrected chi connectivity index (χ4v) is 4.70. The number of aromatic hydroxyl groups is 1. The maximum absolute atomic E-state index is 13.4. The van der Waals surface area contributed by atoms with E-state index >= 15 is 0 Å². The van der Waals surface area contributed by atoms with Gasteiger partial charge >= 0.3 is 5.97 Å². The van der Waals surface area contributed by atoms with Crippen LogP contribution in [0.3, 0.4) is 0 Å². The van der Waals surface area contributed by atoms with E-state index in [-0.39, 0.29) is 29.6 Å². The Balaban J connectivity index is 1.69. The summed E-state index contributed by atoms with van der Waals surface area (Å²) in [5, 5.41) is 14.7. The Hall–Kier alpha value is -2.52. The lowest BCUT2D eigenvalue weighted by molar-refractivity contribution is -0.147. The summed E-state index contributed by atoms with van der Waals surface area (Å²) < 4.78 is 19.7. The van der Waals surface area contributed by atoms with Crippen molar-refractivity contribution in [3.8, 4) is 5.88 Å². The molecule has 2 aromatic heterocycles. The molecule has 1 atom stereocenters. The first-order chi connectivity index (χ1) is 13.1. The van der Waals surface area contributed by atoms with Gasteiger partial charge in [-0.25, -0.2) is 9.37 Å². The molecule has 0 bridgehead atoms. The van der Waals surface area contributed by atoms with Gasteiger partial charge in [0.1, 0.15) is 12.1 Å². The molecule has 3 heterocycles. The standard InChI is InChI=1S/C18H19FN4O3S/c1-26-17(25)12-6-8-22(9-7-12)14(11-2-4-13(19)5-3-11)15-16(24)23-18(27-15)20-10-21-23/h2-5,10,12,14,24H,6-9H2,1H3. The number of benzene rings is 1. The second-order valence-corrected chi connectivity index (χ2v) is 7.54. The van der Waals surface area contributed by atoms with Crippen LogP contribution in [0.4, 0.5) is 4.39 Å². The highest BCUT2D eigenvalue weighted by Gasteiger charge is 2.33. The first kappa shape index (κ1) is 17.9. The third kappa shape index (κ3) is 3.28. The summed E-state index contributed by atoms with van der Waals surface area (Å²) in [6.07, 6.45) is 2.74. The number of carbonyl (C=O) groups is 1. The second-order valence-electron chi connectivity index (χ2n) is 6.53. The molecule has 7 nitrogen and oxygen atoms in total. The van der Waals surface area contributed by atoms with E-state index in [0.29, 0.717) is 35.8 Å². The lowest BCUT2D eigenvalue weighted by Crippen LogP contribution is -2.39. The number of rotatable bonds is 4. The molecule has 1 fully saturated rings. The zero-order chi connectivity index (χ0) is 19.0. The molecular weight excluding hydrogens is 371 g/mol. The fourth-order valence-electron chi connectivity index (χ4n) is 3.61. The Morgan fingerprint density at radius 2 is 2.04 bits per heavy atom. The maximum atomic E-state index is 13.4. The van der Waals surface area contributed by atoms with Gasteiger partial charge in [0.25, 0.3) is 0 Å². The molecule has 1 saturated heterocycles. The summed E-state index contributed by atoms with van der Waals surface area (Å²) in [5.74, 6) is -0.573. The van der Waals surface area contributed by atoms with Gasteiger partial charge in [-0.2, -0.15) is 9.61 Å². The monoisotopic (exact) mass is 390 g/mol. The molecule has 0 saturated carbocycles. The van der Waals surface area contributed by atoms with E-state index in [4.69, 9.17) is 4.74 Å². The van der Waals surface area contributed by atoms with Crippen molar-refractivity contribution in [1.29, 1.82) is 0 Å². The Kier molecular flexibility index (Phi) is 4.79. The summed E-state index contributed by atoms with van der Waals surface area (Å²) in [7, 11) is 1.41. The first-order valence-electron chi connectivity index (χ1n) is 8.67. The number of halogens is 1. The molecule has 4 rings (SSSR count). The molecule has 0 aliphatic carbocycles. The smallest absolute Gasteiger partial charge is 0.308 e. The van der Waals surface area contributed by atoms with Gasteiger partial charge in [0.05, 0.1) is 23.9 Å². The molecule has 1 aliphatic rings. The van der Waals surface area contributed by atoms with Crippen molar-refractivity contribution >= 4 is 22.3 Å². The molecule has 0 radical (unpaired) electrons. The number of ether oxygens (including phenoxy) is 1. The van der Waals surface area contributed by atoms with Crippen LogP contribution in [0.5, 0.6) is 5.88 Å². The number of hydrogen-bond donors (Lipinski definition) is 1. The summed E-state index contributed by atoms with van der Waals surface area (Å²) in [5.41, 5.74) is 0.868. The lowest BCUT2D eigenvalue weighted by atomic mass is 9.93. The van der Waals surface area contributed by atoms with Crippen LogP contribution in [0.2, 0.25) is 0 Å². The summed E-state index contributed by atoms with van der Waals surface area (Å²) >= 11 is 1.36. The van der Waals surface area contributed by atoms with Crippen molar-refractivity contribution < 1.29 is 19.0 Å². The normalized spacial score (nSPS) is 17.3. The van der Waals surface area contributed by atoms with Crippen molar-refractivity contribution in [2.24, 2.45) is 5.92 Å². The highest BCUT2D eigenvalue weighted by atomic mass is 32.1. The van der Waals surface area contributed by atoms with Crippen LogP contribution < -0.4 is 0 Å². The minimum Gasteiger partial charge on any atom is -0.492 e. The maximum Gasteiger partial charge on any atom is 0.308 e. The molecule has 0 spiro atoms. The van der Waals surface area contributed by atoms with Crippen LogP contribution in [0.1, 0.15) is 29.3 Å². The molecule has 1 N–H and O–H groups in total. The van der Waals surface area contributed by atoms with Crippen molar-refractivity contribution in [1.82, 2.24) is 19.5 Å². The van der Waals surface area contributed by atoms with Crippen molar-refractivity contribution in [2.45, 2.75) is 18.9 Å². The van der Waals surface area contributed by atoms with Crippen molar-refractivity contribution in [2.75, 3.05) is 20.2 Å². The van der Waals surface area contributed by atoms with Gasteiger partial charge in [0, 0.05) is 0 Å². The molecule has 3 aromatic rings. The number of likely N-dealkylation sites (tertiary alicyclic amines) is 1. The van der Waals surface area contributed by atoms with Gasteiger partial charge in [-0.15, -0.1) is 0 Å². The number of carbonyl (C=O) groups excluding carboxylic acids is 1. The quantitative estimate of drug-likeness (QED) is 0.690. The third-order valence-corrected chi connectivity index (χ3v) is 6.09. The van der Waals surface area contributed by atoms with E-state index in [9.17, 15) is 14.3 Å². The molecule has 1 unspecified atom stereocenters. The molecule has 1 aliphatic heterocycles. The summed E-state index contributed by atoms with van der Waals surface area (Å²) in [6.45, 7) is 1.32. The minimum atomic E-state index is -0.311. The minimum absolute atomic E-state index is 0.0388. The van der Waals surface area contributed by atoms with E-state index < -0.39 is 0 Å². The highest BCUT2D eigenvalue weighted by Crippen LogP contribution is 2.41. The average molecular weight is 390 g/mol. The molecule has 142 valence electrons. The van der Waals surface area contributed by atoms with Crippen molar-refractivity contribution in [3.05, 3.63) is 46.9 Å². The zero-order valence-electron chi connectivity index (χ0n) is 14.7. The third-order valence-electron chi connectivity index (χ3n) is 5.00. The molecule has 9 heteroatoms. The zero-order valence-corrected chi connectivity index (χ0v) is 15.5. The van der Waals surface area contributed by atoms with Crippen LogP contribution >= 0.6 is 11.3 Å². The van der Waals surface area contributed by atoms with Gasteiger partial charge < -0.3 is 9.84 Å².